The highest BCUT2D eigenvalue weighted by Gasteiger charge is 2.48. The number of ketones is 1. The molecule has 5 rings (SSSR count). The second-order valence-electron chi connectivity index (χ2n) is 9.03. The summed E-state index contributed by atoms with van der Waals surface area (Å²) >= 11 is 2.37. The van der Waals surface area contributed by atoms with E-state index in [1.54, 1.807) is 72.8 Å². The number of anilines is 1. The standard InChI is InChI=1S/C31H26FN3O5S2/c1-3-16-40-23-10-7-9-20(17-23)26-25(27(36)19-12-14-22(15-13-19)39-4-2)28(37)29(38)35(26)30-33-34-31(42-30)41-18-21-8-5-6-11-24(21)32/h3,5-15,17,26,36H,1,4,16,18H2,2H3. The van der Waals surface area contributed by atoms with Crippen LogP contribution in [0.2, 0.25) is 0 Å². The van der Waals surface area contributed by atoms with Crippen molar-refractivity contribution >= 4 is 45.7 Å². The minimum Gasteiger partial charge on any atom is -0.507 e. The number of amides is 1. The Morgan fingerprint density at radius 1 is 1.07 bits per heavy atom. The van der Waals surface area contributed by atoms with Gasteiger partial charge in [-0.2, -0.15) is 0 Å². The van der Waals surface area contributed by atoms with Crippen molar-refractivity contribution in [3.05, 3.63) is 114 Å². The van der Waals surface area contributed by atoms with Gasteiger partial charge in [-0.25, -0.2) is 4.39 Å². The first-order chi connectivity index (χ1) is 20.4. The number of hydrogen-bond donors (Lipinski definition) is 1. The maximum atomic E-state index is 14.1. The number of aliphatic hydroxyl groups is 1. The van der Waals surface area contributed by atoms with E-state index in [1.807, 2.05) is 6.92 Å². The largest absolute Gasteiger partial charge is 0.507 e. The Labute approximate surface area is 250 Å². The SMILES string of the molecule is C=CCOc1cccc(C2C(=C(O)c3ccc(OCC)cc3)C(=O)C(=O)N2c2nnc(SCc3ccccc3F)s2)c1. The van der Waals surface area contributed by atoms with Crippen molar-refractivity contribution < 1.29 is 28.6 Å². The van der Waals surface area contributed by atoms with Crippen LogP contribution in [0.1, 0.15) is 29.7 Å². The normalized spacial score (nSPS) is 16.0. The monoisotopic (exact) mass is 603 g/mol. The number of halogens is 1. The molecule has 3 aromatic carbocycles. The molecule has 8 nitrogen and oxygen atoms in total. The Morgan fingerprint density at radius 2 is 1.86 bits per heavy atom. The number of Topliss-reactive ketones (excluding diaryl/α,β-unsaturated/α-hetero) is 1. The number of rotatable bonds is 11. The van der Waals surface area contributed by atoms with Gasteiger partial charge >= 0.3 is 5.91 Å². The molecule has 11 heteroatoms. The lowest BCUT2D eigenvalue weighted by Crippen LogP contribution is -2.29. The van der Waals surface area contributed by atoms with Crippen LogP contribution in [-0.2, 0) is 15.3 Å². The third-order valence-corrected chi connectivity index (χ3v) is 8.44. The Morgan fingerprint density at radius 3 is 2.60 bits per heavy atom. The van der Waals surface area contributed by atoms with E-state index in [1.165, 1.54) is 22.7 Å². The van der Waals surface area contributed by atoms with Crippen LogP contribution >= 0.6 is 23.1 Å². The number of thioether (sulfide) groups is 1. The molecular weight excluding hydrogens is 577 g/mol. The van der Waals surface area contributed by atoms with E-state index >= 15 is 0 Å². The molecule has 4 aromatic rings. The lowest BCUT2D eigenvalue weighted by atomic mass is 9.95. The van der Waals surface area contributed by atoms with Crippen LogP contribution in [0.3, 0.4) is 0 Å². The van der Waals surface area contributed by atoms with Gasteiger partial charge in [0.15, 0.2) is 4.34 Å². The molecule has 0 bridgehead atoms. The van der Waals surface area contributed by atoms with Crippen LogP contribution in [-0.4, -0.2) is 40.2 Å². The second kappa shape index (κ2) is 13.0. The number of aromatic nitrogens is 2. The molecule has 1 aliphatic heterocycles. The molecule has 1 N–H and O–H groups in total. The summed E-state index contributed by atoms with van der Waals surface area (Å²) in [6.07, 6.45) is 1.60. The molecule has 2 heterocycles. The summed E-state index contributed by atoms with van der Waals surface area (Å²) < 4.78 is 25.8. The minimum atomic E-state index is -1.01. The summed E-state index contributed by atoms with van der Waals surface area (Å²) in [5, 5.41) is 20.0. The number of nitrogens with zero attached hydrogens (tertiary/aromatic N) is 3. The highest BCUT2D eigenvalue weighted by Crippen LogP contribution is 2.44. The molecular formula is C31H26FN3O5S2. The van der Waals surface area contributed by atoms with Crippen LogP contribution in [0.25, 0.3) is 5.76 Å². The molecule has 1 fully saturated rings. The number of aliphatic hydroxyl groups excluding tert-OH is 1. The van der Waals surface area contributed by atoms with E-state index in [-0.39, 0.29) is 28.9 Å². The summed E-state index contributed by atoms with van der Waals surface area (Å²) in [5.74, 6) is -0.964. The average Bonchev–Trinajstić information content (AvgIpc) is 3.57. The highest BCUT2D eigenvalue weighted by atomic mass is 32.2. The van der Waals surface area contributed by atoms with Crippen LogP contribution < -0.4 is 14.4 Å². The van der Waals surface area contributed by atoms with E-state index in [9.17, 15) is 19.1 Å². The van der Waals surface area contributed by atoms with Gasteiger partial charge in [0.25, 0.3) is 5.78 Å². The molecule has 1 unspecified atom stereocenters. The number of carbonyl (C=O) groups is 2. The zero-order chi connectivity index (χ0) is 29.6. The van der Waals surface area contributed by atoms with Crippen molar-refractivity contribution in [3.63, 3.8) is 0 Å². The van der Waals surface area contributed by atoms with Crippen molar-refractivity contribution in [1.29, 1.82) is 0 Å². The number of ether oxygens (including phenoxy) is 2. The summed E-state index contributed by atoms with van der Waals surface area (Å²) in [6, 6.07) is 19.0. The first-order valence-corrected chi connectivity index (χ1v) is 14.8. The lowest BCUT2D eigenvalue weighted by Gasteiger charge is -2.23. The fraction of sp³-hybridized carbons (Fsp3) is 0.161. The summed E-state index contributed by atoms with van der Waals surface area (Å²) in [7, 11) is 0. The van der Waals surface area contributed by atoms with Gasteiger partial charge < -0.3 is 14.6 Å². The van der Waals surface area contributed by atoms with E-state index in [4.69, 9.17) is 9.47 Å². The van der Waals surface area contributed by atoms with Gasteiger partial charge in [0, 0.05) is 11.3 Å². The van der Waals surface area contributed by atoms with Crippen LogP contribution in [0.5, 0.6) is 11.5 Å². The van der Waals surface area contributed by atoms with Crippen molar-refractivity contribution in [2.24, 2.45) is 0 Å². The molecule has 0 saturated carbocycles. The maximum Gasteiger partial charge on any atom is 0.301 e. The smallest absolute Gasteiger partial charge is 0.301 e. The Kier molecular flexibility index (Phi) is 8.99. The second-order valence-corrected chi connectivity index (χ2v) is 11.2. The van der Waals surface area contributed by atoms with Crippen molar-refractivity contribution in [3.8, 4) is 11.5 Å². The predicted molar refractivity (Wildman–Crippen MR) is 160 cm³/mol. The molecule has 1 saturated heterocycles. The molecule has 42 heavy (non-hydrogen) atoms. The number of carbonyl (C=O) groups excluding carboxylic acids is 2. The van der Waals surface area contributed by atoms with Crippen LogP contribution in [0.15, 0.2) is 95.4 Å². The molecule has 1 atom stereocenters. The zero-order valence-corrected chi connectivity index (χ0v) is 24.2. The maximum absolute atomic E-state index is 14.1. The molecule has 1 aromatic heterocycles. The van der Waals surface area contributed by atoms with Crippen LogP contribution in [0.4, 0.5) is 9.52 Å². The Bertz CT molecular complexity index is 1650. The highest BCUT2D eigenvalue weighted by molar-refractivity contribution is 8.00. The number of hydrogen-bond acceptors (Lipinski definition) is 9. The minimum absolute atomic E-state index is 0.0965. The third-order valence-electron chi connectivity index (χ3n) is 6.34. The molecule has 0 spiro atoms. The summed E-state index contributed by atoms with van der Waals surface area (Å²) in [5.41, 5.74) is 1.28. The van der Waals surface area contributed by atoms with Crippen LogP contribution in [0, 0.1) is 5.82 Å². The quantitative estimate of drug-likeness (QED) is 0.0514. The van der Waals surface area contributed by atoms with Gasteiger partial charge in [-0.05, 0) is 60.5 Å². The third kappa shape index (κ3) is 6.07. The van der Waals surface area contributed by atoms with Crippen molar-refractivity contribution in [2.75, 3.05) is 18.1 Å². The average molecular weight is 604 g/mol. The van der Waals surface area contributed by atoms with E-state index in [0.29, 0.717) is 44.9 Å². The Hall–Kier alpha value is -4.48. The fourth-order valence-electron chi connectivity index (χ4n) is 4.42. The molecule has 214 valence electrons. The van der Waals surface area contributed by atoms with E-state index in [2.05, 4.69) is 16.8 Å². The van der Waals surface area contributed by atoms with Gasteiger partial charge in [0.05, 0.1) is 18.2 Å². The van der Waals surface area contributed by atoms with E-state index < -0.39 is 17.7 Å². The first kappa shape index (κ1) is 29.0. The lowest BCUT2D eigenvalue weighted by molar-refractivity contribution is -0.132. The fourth-order valence-corrected chi connectivity index (χ4v) is 6.27. The summed E-state index contributed by atoms with van der Waals surface area (Å²) in [6.45, 7) is 6.26. The van der Waals surface area contributed by atoms with Gasteiger partial charge in [0.2, 0.25) is 5.13 Å². The van der Waals surface area contributed by atoms with Gasteiger partial charge in [-0.3, -0.25) is 14.5 Å². The van der Waals surface area contributed by atoms with Gasteiger partial charge in [-0.1, -0.05) is 66.1 Å². The summed E-state index contributed by atoms with van der Waals surface area (Å²) in [4.78, 5) is 28.3. The molecule has 1 amide bonds. The molecule has 0 radical (unpaired) electrons. The molecule has 1 aliphatic rings. The Balaban J connectivity index is 1.55. The van der Waals surface area contributed by atoms with Crippen molar-refractivity contribution in [2.45, 2.75) is 23.1 Å². The topological polar surface area (TPSA) is 102 Å². The predicted octanol–water partition coefficient (Wildman–Crippen LogP) is 6.56. The number of benzene rings is 3. The van der Waals surface area contributed by atoms with E-state index in [0.717, 1.165) is 11.3 Å². The van der Waals surface area contributed by atoms with Gasteiger partial charge in [-0.15, -0.1) is 10.2 Å². The van der Waals surface area contributed by atoms with Crippen molar-refractivity contribution in [1.82, 2.24) is 10.2 Å². The zero-order valence-electron chi connectivity index (χ0n) is 22.5. The molecule has 0 aliphatic carbocycles. The van der Waals surface area contributed by atoms with Gasteiger partial charge in [0.1, 0.15) is 29.7 Å². The first-order valence-electron chi connectivity index (χ1n) is 13.0.